The van der Waals surface area contributed by atoms with Crippen molar-refractivity contribution >= 4 is 38.9 Å². The van der Waals surface area contributed by atoms with Gasteiger partial charge in [0.1, 0.15) is 0 Å². The molecule has 0 bridgehead atoms. The lowest BCUT2D eigenvalue weighted by Crippen LogP contribution is -1.67. The molecular formula is C5H3IN2S. The summed E-state index contributed by atoms with van der Waals surface area (Å²) < 4.78 is 3.29. The molecule has 0 spiro atoms. The van der Waals surface area contributed by atoms with Gasteiger partial charge in [0.15, 0.2) is 4.96 Å². The summed E-state index contributed by atoms with van der Waals surface area (Å²) in [5.74, 6) is 0. The van der Waals surface area contributed by atoms with Gasteiger partial charge in [0.25, 0.3) is 0 Å². The second-order valence-corrected chi connectivity index (χ2v) is 4.56. The van der Waals surface area contributed by atoms with E-state index < -0.39 is 0 Å². The topological polar surface area (TPSA) is 17.3 Å². The minimum atomic E-state index is 1.07. The van der Waals surface area contributed by atoms with Crippen molar-refractivity contribution in [3.8, 4) is 0 Å². The van der Waals surface area contributed by atoms with Crippen LogP contribution in [0.25, 0.3) is 4.96 Å². The van der Waals surface area contributed by atoms with E-state index in [4.69, 9.17) is 0 Å². The van der Waals surface area contributed by atoms with Crippen molar-refractivity contribution < 1.29 is 0 Å². The first-order chi connectivity index (χ1) is 4.36. The molecule has 2 heterocycles. The summed E-state index contributed by atoms with van der Waals surface area (Å²) in [4.78, 5) is 5.19. The third-order valence-electron chi connectivity index (χ3n) is 1.06. The quantitative estimate of drug-likeness (QED) is 0.653. The molecule has 0 amide bonds. The Morgan fingerprint density at radius 1 is 1.67 bits per heavy atom. The van der Waals surface area contributed by atoms with Gasteiger partial charge in [-0.2, -0.15) is 0 Å². The van der Waals surface area contributed by atoms with Crippen LogP contribution in [-0.4, -0.2) is 9.38 Å². The molecule has 2 aromatic rings. The number of hydrogen-bond acceptors (Lipinski definition) is 2. The third kappa shape index (κ3) is 0.858. The molecule has 0 fully saturated rings. The fraction of sp³-hybridized carbons (Fsp3) is 0. The van der Waals surface area contributed by atoms with E-state index in [1.165, 1.54) is 2.88 Å². The van der Waals surface area contributed by atoms with Gasteiger partial charge in [0.2, 0.25) is 0 Å². The Morgan fingerprint density at radius 3 is 3.33 bits per heavy atom. The zero-order valence-electron chi connectivity index (χ0n) is 4.41. The summed E-state index contributed by atoms with van der Waals surface area (Å²) in [6, 6.07) is 0. The van der Waals surface area contributed by atoms with Gasteiger partial charge in [-0.1, -0.05) is 11.3 Å². The predicted molar refractivity (Wildman–Crippen MR) is 45.8 cm³/mol. The molecule has 0 aliphatic carbocycles. The second-order valence-electron chi connectivity index (χ2n) is 1.65. The van der Waals surface area contributed by atoms with Crippen LogP contribution in [0.5, 0.6) is 0 Å². The summed E-state index contributed by atoms with van der Waals surface area (Å²) in [6.07, 6.45) is 5.82. The zero-order valence-corrected chi connectivity index (χ0v) is 7.39. The Labute approximate surface area is 69.7 Å². The Balaban J connectivity index is 2.92. The smallest absolute Gasteiger partial charge is 0.194 e. The molecule has 0 aliphatic heterocycles. The molecule has 0 saturated heterocycles. The van der Waals surface area contributed by atoms with Crippen molar-refractivity contribution in [2.45, 2.75) is 0 Å². The Kier molecular flexibility index (Phi) is 1.23. The SMILES string of the molecule is Ic1cn2ccnc2s1. The van der Waals surface area contributed by atoms with Gasteiger partial charge in [-0.25, -0.2) is 4.98 Å². The van der Waals surface area contributed by atoms with E-state index >= 15 is 0 Å². The number of imidazole rings is 1. The lowest BCUT2D eigenvalue weighted by atomic mass is 10.9. The van der Waals surface area contributed by atoms with Crippen molar-refractivity contribution in [1.29, 1.82) is 0 Å². The highest BCUT2D eigenvalue weighted by atomic mass is 127. The fourth-order valence-electron chi connectivity index (χ4n) is 0.700. The summed E-state index contributed by atoms with van der Waals surface area (Å²) in [7, 11) is 0. The first kappa shape index (κ1) is 5.67. The molecule has 4 heteroatoms. The van der Waals surface area contributed by atoms with Crippen molar-refractivity contribution in [1.82, 2.24) is 9.38 Å². The molecule has 0 aliphatic rings. The Bertz CT molecular complexity index is 296. The van der Waals surface area contributed by atoms with Crippen LogP contribution >= 0.6 is 33.9 Å². The number of aromatic nitrogens is 2. The van der Waals surface area contributed by atoms with E-state index in [9.17, 15) is 0 Å². The lowest BCUT2D eigenvalue weighted by Gasteiger charge is -1.72. The van der Waals surface area contributed by atoms with Gasteiger partial charge in [-0.3, -0.25) is 4.40 Å². The molecule has 0 unspecified atom stereocenters. The van der Waals surface area contributed by atoms with Crippen LogP contribution in [0.4, 0.5) is 0 Å². The first-order valence-corrected chi connectivity index (χ1v) is 4.34. The highest BCUT2D eigenvalue weighted by Gasteiger charge is 1.96. The van der Waals surface area contributed by atoms with Crippen LogP contribution in [0.1, 0.15) is 0 Å². The summed E-state index contributed by atoms with van der Waals surface area (Å²) >= 11 is 3.98. The normalized spacial score (nSPS) is 10.8. The average Bonchev–Trinajstić information content (AvgIpc) is 2.22. The maximum Gasteiger partial charge on any atom is 0.194 e. The van der Waals surface area contributed by atoms with Gasteiger partial charge < -0.3 is 0 Å². The van der Waals surface area contributed by atoms with Crippen LogP contribution < -0.4 is 0 Å². The van der Waals surface area contributed by atoms with E-state index in [2.05, 4.69) is 33.8 Å². The molecule has 2 aromatic heterocycles. The van der Waals surface area contributed by atoms with Crippen molar-refractivity contribution in [2.24, 2.45) is 0 Å². The van der Waals surface area contributed by atoms with Crippen molar-refractivity contribution in [2.75, 3.05) is 0 Å². The molecule has 0 atom stereocenters. The molecule has 0 aromatic carbocycles. The van der Waals surface area contributed by atoms with Crippen LogP contribution in [0.2, 0.25) is 0 Å². The maximum atomic E-state index is 4.12. The summed E-state index contributed by atoms with van der Waals surface area (Å²) in [6.45, 7) is 0. The largest absolute Gasteiger partial charge is 0.297 e. The molecule has 0 saturated carbocycles. The fourth-order valence-corrected chi connectivity index (χ4v) is 2.26. The standard InChI is InChI=1S/C5H3IN2S/c6-4-3-8-2-1-7-5(8)9-4/h1-3H. The minimum Gasteiger partial charge on any atom is -0.297 e. The van der Waals surface area contributed by atoms with Gasteiger partial charge in [-0.15, -0.1) is 0 Å². The number of fused-ring (bicyclic) bond motifs is 1. The van der Waals surface area contributed by atoms with Gasteiger partial charge in [-0.05, 0) is 22.6 Å². The van der Waals surface area contributed by atoms with Gasteiger partial charge in [0.05, 0.1) is 2.88 Å². The Hall–Kier alpha value is -0.100. The van der Waals surface area contributed by atoms with Crippen LogP contribution in [0.15, 0.2) is 18.6 Å². The molecule has 0 N–H and O–H groups in total. The molecule has 46 valence electrons. The average molecular weight is 250 g/mol. The summed E-state index contributed by atoms with van der Waals surface area (Å²) in [5.41, 5.74) is 0. The second kappa shape index (κ2) is 1.95. The van der Waals surface area contributed by atoms with E-state index in [0.29, 0.717) is 0 Å². The molecule has 2 rings (SSSR count). The highest BCUT2D eigenvalue weighted by Crippen LogP contribution is 2.17. The molecule has 2 nitrogen and oxygen atoms in total. The van der Waals surface area contributed by atoms with Gasteiger partial charge >= 0.3 is 0 Å². The number of nitrogens with zero attached hydrogens (tertiary/aromatic N) is 2. The predicted octanol–water partition coefficient (Wildman–Crippen LogP) is 2.00. The minimum absolute atomic E-state index is 1.07. The number of hydrogen-bond donors (Lipinski definition) is 0. The maximum absolute atomic E-state index is 4.12. The van der Waals surface area contributed by atoms with E-state index in [0.717, 1.165) is 4.96 Å². The molecular weight excluding hydrogens is 247 g/mol. The number of rotatable bonds is 0. The third-order valence-corrected chi connectivity index (χ3v) is 2.80. The van der Waals surface area contributed by atoms with E-state index in [-0.39, 0.29) is 0 Å². The molecule has 0 radical (unpaired) electrons. The summed E-state index contributed by atoms with van der Waals surface area (Å²) in [5, 5.41) is 0. The lowest BCUT2D eigenvalue weighted by molar-refractivity contribution is 1.23. The number of thiazole rings is 1. The first-order valence-electron chi connectivity index (χ1n) is 2.44. The monoisotopic (exact) mass is 250 g/mol. The zero-order chi connectivity index (χ0) is 6.27. The van der Waals surface area contributed by atoms with Crippen LogP contribution in [0, 0.1) is 2.88 Å². The van der Waals surface area contributed by atoms with E-state index in [1.54, 1.807) is 11.3 Å². The van der Waals surface area contributed by atoms with Gasteiger partial charge in [0, 0.05) is 18.6 Å². The highest BCUT2D eigenvalue weighted by molar-refractivity contribution is 14.1. The van der Waals surface area contributed by atoms with Crippen LogP contribution in [-0.2, 0) is 0 Å². The molecule has 9 heavy (non-hydrogen) atoms. The van der Waals surface area contributed by atoms with Crippen LogP contribution in [0.3, 0.4) is 0 Å². The van der Waals surface area contributed by atoms with Crippen molar-refractivity contribution in [3.05, 3.63) is 21.5 Å². The number of halogens is 1. The van der Waals surface area contributed by atoms with Crippen molar-refractivity contribution in [3.63, 3.8) is 0 Å². The van der Waals surface area contributed by atoms with E-state index in [1.807, 2.05) is 16.8 Å². The Morgan fingerprint density at radius 2 is 2.56 bits per heavy atom.